The number of carbonyl (C=O) groups is 1. The van der Waals surface area contributed by atoms with E-state index in [1.807, 2.05) is 6.92 Å². The average molecular weight is 158 g/mol. The Hall–Kier alpha value is -0.610. The zero-order chi connectivity index (χ0) is 8.10. The largest absolute Gasteiger partial charge is 0.449 e. The number of nitrogens with one attached hydrogen (secondary N) is 1. The van der Waals surface area contributed by atoms with Crippen molar-refractivity contribution < 1.29 is 9.53 Å². The van der Waals surface area contributed by atoms with E-state index in [-0.39, 0.29) is 6.23 Å². The molecule has 0 radical (unpaired) electrons. The van der Waals surface area contributed by atoms with Crippen LogP contribution in [0.15, 0.2) is 0 Å². The van der Waals surface area contributed by atoms with Crippen LogP contribution in [0.2, 0.25) is 0 Å². The quantitative estimate of drug-likeness (QED) is 0.557. The standard InChI is InChI=1S/C7H14N2O2/c1-7(11-6-10)9-4-2-8-3-5-9/h6-8H,2-5H2,1H3. The summed E-state index contributed by atoms with van der Waals surface area (Å²) in [6.45, 7) is 6.26. The van der Waals surface area contributed by atoms with Crippen LogP contribution < -0.4 is 5.32 Å². The number of piperazine rings is 1. The molecule has 1 saturated heterocycles. The van der Waals surface area contributed by atoms with Gasteiger partial charge in [-0.25, -0.2) is 0 Å². The molecule has 1 unspecified atom stereocenters. The van der Waals surface area contributed by atoms with Crippen molar-refractivity contribution in [2.24, 2.45) is 0 Å². The molecule has 0 spiro atoms. The minimum absolute atomic E-state index is 0.0744. The third kappa shape index (κ3) is 2.48. The second kappa shape index (κ2) is 4.31. The number of hydrogen-bond donors (Lipinski definition) is 1. The van der Waals surface area contributed by atoms with Crippen LogP contribution in [0, 0.1) is 0 Å². The van der Waals surface area contributed by atoms with Crippen molar-refractivity contribution >= 4 is 6.47 Å². The molecule has 0 amide bonds. The summed E-state index contributed by atoms with van der Waals surface area (Å²) in [4.78, 5) is 12.1. The topological polar surface area (TPSA) is 41.6 Å². The molecule has 4 nitrogen and oxygen atoms in total. The summed E-state index contributed by atoms with van der Waals surface area (Å²) in [6.07, 6.45) is -0.0744. The van der Waals surface area contributed by atoms with Gasteiger partial charge in [0.15, 0.2) is 6.23 Å². The van der Waals surface area contributed by atoms with Crippen LogP contribution in [-0.4, -0.2) is 43.8 Å². The third-order valence-electron chi connectivity index (χ3n) is 1.92. The maximum absolute atomic E-state index is 9.99. The number of ether oxygens (including phenoxy) is 1. The molecule has 1 N–H and O–H groups in total. The number of carbonyl (C=O) groups excluding carboxylic acids is 1. The molecule has 4 heteroatoms. The first-order valence-electron chi connectivity index (χ1n) is 3.88. The fourth-order valence-corrected chi connectivity index (χ4v) is 1.21. The van der Waals surface area contributed by atoms with Gasteiger partial charge < -0.3 is 10.1 Å². The molecule has 0 aliphatic carbocycles. The lowest BCUT2D eigenvalue weighted by Gasteiger charge is -2.30. The highest BCUT2D eigenvalue weighted by Gasteiger charge is 2.16. The lowest BCUT2D eigenvalue weighted by atomic mass is 10.3. The van der Waals surface area contributed by atoms with Gasteiger partial charge in [-0.1, -0.05) is 0 Å². The fraction of sp³-hybridized carbons (Fsp3) is 0.857. The van der Waals surface area contributed by atoms with Gasteiger partial charge in [0.25, 0.3) is 6.47 Å². The lowest BCUT2D eigenvalue weighted by molar-refractivity contribution is -0.142. The van der Waals surface area contributed by atoms with E-state index in [1.165, 1.54) is 0 Å². The molecule has 1 heterocycles. The average Bonchev–Trinajstić information content (AvgIpc) is 2.07. The molecule has 64 valence electrons. The maximum atomic E-state index is 9.99. The van der Waals surface area contributed by atoms with E-state index >= 15 is 0 Å². The second-order valence-corrected chi connectivity index (χ2v) is 2.62. The van der Waals surface area contributed by atoms with Crippen molar-refractivity contribution in [3.05, 3.63) is 0 Å². The van der Waals surface area contributed by atoms with Crippen LogP contribution in [0.1, 0.15) is 6.92 Å². The van der Waals surface area contributed by atoms with Crippen molar-refractivity contribution in [2.75, 3.05) is 26.2 Å². The van der Waals surface area contributed by atoms with Gasteiger partial charge in [-0.2, -0.15) is 0 Å². The van der Waals surface area contributed by atoms with Gasteiger partial charge >= 0.3 is 0 Å². The first kappa shape index (κ1) is 8.49. The Morgan fingerprint density at radius 2 is 2.18 bits per heavy atom. The summed E-state index contributed by atoms with van der Waals surface area (Å²) < 4.78 is 4.80. The SMILES string of the molecule is CC(OC=O)N1CCNCC1. The van der Waals surface area contributed by atoms with Gasteiger partial charge in [0.1, 0.15) is 0 Å². The van der Waals surface area contributed by atoms with Gasteiger partial charge in [0.05, 0.1) is 0 Å². The molecule has 1 aliphatic rings. The van der Waals surface area contributed by atoms with E-state index in [1.54, 1.807) is 0 Å². The van der Waals surface area contributed by atoms with Crippen LogP contribution in [-0.2, 0) is 9.53 Å². The monoisotopic (exact) mass is 158 g/mol. The van der Waals surface area contributed by atoms with Gasteiger partial charge in [0, 0.05) is 26.2 Å². The molecule has 0 saturated carbocycles. The van der Waals surface area contributed by atoms with E-state index < -0.39 is 0 Å². The van der Waals surface area contributed by atoms with Crippen LogP contribution >= 0.6 is 0 Å². The lowest BCUT2D eigenvalue weighted by Crippen LogP contribution is -2.48. The van der Waals surface area contributed by atoms with Crippen LogP contribution in [0.4, 0.5) is 0 Å². The van der Waals surface area contributed by atoms with E-state index in [0.717, 1.165) is 26.2 Å². The van der Waals surface area contributed by atoms with Gasteiger partial charge in [-0.3, -0.25) is 9.69 Å². The van der Waals surface area contributed by atoms with Crippen LogP contribution in [0.5, 0.6) is 0 Å². The molecule has 0 aromatic carbocycles. The Bertz CT molecular complexity index is 124. The Morgan fingerprint density at radius 3 is 2.73 bits per heavy atom. The Morgan fingerprint density at radius 1 is 1.55 bits per heavy atom. The zero-order valence-corrected chi connectivity index (χ0v) is 6.75. The summed E-state index contributed by atoms with van der Waals surface area (Å²) in [5.74, 6) is 0. The normalized spacial score (nSPS) is 22.6. The minimum Gasteiger partial charge on any atom is -0.449 e. The summed E-state index contributed by atoms with van der Waals surface area (Å²) in [7, 11) is 0. The third-order valence-corrected chi connectivity index (χ3v) is 1.92. The molecule has 0 bridgehead atoms. The number of nitrogens with zero attached hydrogens (tertiary/aromatic N) is 1. The highest BCUT2D eigenvalue weighted by Crippen LogP contribution is 2.00. The summed E-state index contributed by atoms with van der Waals surface area (Å²) >= 11 is 0. The Kier molecular flexibility index (Phi) is 3.32. The Labute approximate surface area is 66.5 Å². The van der Waals surface area contributed by atoms with Crippen molar-refractivity contribution in [3.63, 3.8) is 0 Å². The molecular formula is C7H14N2O2. The summed E-state index contributed by atoms with van der Waals surface area (Å²) in [5.41, 5.74) is 0. The van der Waals surface area contributed by atoms with E-state index in [9.17, 15) is 4.79 Å². The van der Waals surface area contributed by atoms with Gasteiger partial charge in [-0.05, 0) is 6.92 Å². The first-order valence-corrected chi connectivity index (χ1v) is 3.88. The van der Waals surface area contributed by atoms with Crippen molar-refractivity contribution in [1.82, 2.24) is 10.2 Å². The molecule has 1 rings (SSSR count). The second-order valence-electron chi connectivity index (χ2n) is 2.62. The molecule has 0 aromatic rings. The van der Waals surface area contributed by atoms with E-state index in [2.05, 4.69) is 10.2 Å². The van der Waals surface area contributed by atoms with Crippen LogP contribution in [0.25, 0.3) is 0 Å². The highest BCUT2D eigenvalue weighted by atomic mass is 16.5. The van der Waals surface area contributed by atoms with Crippen LogP contribution in [0.3, 0.4) is 0 Å². The first-order chi connectivity index (χ1) is 5.34. The smallest absolute Gasteiger partial charge is 0.294 e. The van der Waals surface area contributed by atoms with Gasteiger partial charge in [-0.15, -0.1) is 0 Å². The predicted molar refractivity (Wildman–Crippen MR) is 41.1 cm³/mol. The van der Waals surface area contributed by atoms with E-state index in [0.29, 0.717) is 6.47 Å². The van der Waals surface area contributed by atoms with Crippen molar-refractivity contribution in [2.45, 2.75) is 13.2 Å². The van der Waals surface area contributed by atoms with Crippen molar-refractivity contribution in [1.29, 1.82) is 0 Å². The highest BCUT2D eigenvalue weighted by molar-refractivity contribution is 5.37. The van der Waals surface area contributed by atoms with Gasteiger partial charge in [0.2, 0.25) is 0 Å². The van der Waals surface area contributed by atoms with Crippen molar-refractivity contribution in [3.8, 4) is 0 Å². The molecular weight excluding hydrogens is 144 g/mol. The Balaban J connectivity index is 2.26. The molecule has 11 heavy (non-hydrogen) atoms. The molecule has 1 atom stereocenters. The zero-order valence-electron chi connectivity index (χ0n) is 6.75. The summed E-state index contributed by atoms with van der Waals surface area (Å²) in [5, 5.41) is 3.23. The molecule has 1 aliphatic heterocycles. The summed E-state index contributed by atoms with van der Waals surface area (Å²) in [6, 6.07) is 0. The number of hydrogen-bond acceptors (Lipinski definition) is 4. The number of rotatable bonds is 3. The fourth-order valence-electron chi connectivity index (χ4n) is 1.21. The molecule has 1 fully saturated rings. The maximum Gasteiger partial charge on any atom is 0.294 e. The molecule has 0 aromatic heterocycles. The minimum atomic E-state index is -0.0744. The van der Waals surface area contributed by atoms with E-state index in [4.69, 9.17) is 4.74 Å². The predicted octanol–water partition coefficient (Wildman–Crippen LogP) is -0.589.